The summed E-state index contributed by atoms with van der Waals surface area (Å²) in [6.07, 6.45) is -0.137. The first-order chi connectivity index (χ1) is 12.0. The number of likely N-dealkylation sites (tertiary alicyclic amines) is 1. The van der Waals surface area contributed by atoms with Gasteiger partial charge in [0.15, 0.2) is 0 Å². The highest BCUT2D eigenvalue weighted by atomic mass is 19.3. The molecule has 0 spiro atoms. The Morgan fingerprint density at radius 3 is 2.64 bits per heavy atom. The van der Waals surface area contributed by atoms with E-state index in [1.807, 2.05) is 4.90 Å². The molecule has 2 aromatic rings. The lowest BCUT2D eigenvalue weighted by Crippen LogP contribution is -2.39. The van der Waals surface area contributed by atoms with Crippen molar-refractivity contribution in [3.05, 3.63) is 23.0 Å². The summed E-state index contributed by atoms with van der Waals surface area (Å²) in [4.78, 5) is 18.7. The third-order valence-corrected chi connectivity index (χ3v) is 5.55. The Morgan fingerprint density at radius 2 is 2.04 bits per heavy atom. The Morgan fingerprint density at radius 1 is 1.36 bits per heavy atom. The molecule has 1 aliphatic heterocycles. The second-order valence-electron chi connectivity index (χ2n) is 7.30. The minimum atomic E-state index is -2.60. The van der Waals surface area contributed by atoms with E-state index in [9.17, 15) is 13.6 Å². The van der Waals surface area contributed by atoms with Crippen molar-refractivity contribution in [3.63, 3.8) is 0 Å². The van der Waals surface area contributed by atoms with Gasteiger partial charge >= 0.3 is 0 Å². The first-order valence-electron chi connectivity index (χ1n) is 8.79. The van der Waals surface area contributed by atoms with Crippen molar-refractivity contribution in [2.24, 2.45) is 11.8 Å². The number of alkyl halides is 2. The van der Waals surface area contributed by atoms with Gasteiger partial charge in [0.25, 0.3) is 12.1 Å². The monoisotopic (exact) mass is 349 g/mol. The highest BCUT2D eigenvalue weighted by molar-refractivity contribution is 5.82. The number of aryl methyl sites for hydroxylation is 1. The van der Waals surface area contributed by atoms with E-state index in [1.165, 1.54) is 6.07 Å². The predicted octanol–water partition coefficient (Wildman–Crippen LogP) is 3.83. The summed E-state index contributed by atoms with van der Waals surface area (Å²) in [6, 6.07) is 1.49. The first kappa shape index (κ1) is 16.4. The summed E-state index contributed by atoms with van der Waals surface area (Å²) >= 11 is 0. The summed E-state index contributed by atoms with van der Waals surface area (Å²) in [5.41, 5.74) is 1.16. The number of piperidine rings is 1. The quantitative estimate of drug-likeness (QED) is 0.845. The van der Waals surface area contributed by atoms with Crippen LogP contribution in [0.25, 0.3) is 11.1 Å². The number of aromatic nitrogens is 2. The van der Waals surface area contributed by atoms with Crippen molar-refractivity contribution < 1.29 is 18.1 Å². The van der Waals surface area contributed by atoms with Crippen LogP contribution in [0.1, 0.15) is 55.5 Å². The predicted molar refractivity (Wildman–Crippen MR) is 87.3 cm³/mol. The molecule has 1 saturated heterocycles. The van der Waals surface area contributed by atoms with Gasteiger partial charge in [-0.2, -0.15) is 0 Å². The van der Waals surface area contributed by atoms with E-state index in [4.69, 9.17) is 4.52 Å². The molecule has 2 fully saturated rings. The number of pyridine rings is 1. The van der Waals surface area contributed by atoms with Crippen molar-refractivity contribution in [2.45, 2.75) is 45.5 Å². The fourth-order valence-corrected chi connectivity index (χ4v) is 3.83. The molecule has 3 heterocycles. The van der Waals surface area contributed by atoms with Crippen molar-refractivity contribution in [2.75, 3.05) is 13.1 Å². The van der Waals surface area contributed by atoms with Crippen molar-refractivity contribution in [1.29, 1.82) is 0 Å². The van der Waals surface area contributed by atoms with Crippen LogP contribution in [0.5, 0.6) is 0 Å². The van der Waals surface area contributed by atoms with Crippen molar-refractivity contribution >= 4 is 17.0 Å². The highest BCUT2D eigenvalue weighted by Crippen LogP contribution is 2.40. The number of fused-ring (bicyclic) bond motifs is 1. The topological polar surface area (TPSA) is 59.2 Å². The number of carbonyl (C=O) groups is 1. The second-order valence-corrected chi connectivity index (χ2v) is 7.30. The number of rotatable bonds is 3. The Kier molecular flexibility index (Phi) is 3.96. The van der Waals surface area contributed by atoms with Crippen LogP contribution in [0, 0.1) is 18.8 Å². The van der Waals surface area contributed by atoms with E-state index in [1.54, 1.807) is 6.92 Å². The number of carbonyl (C=O) groups excluding carboxylic acids is 1. The SMILES string of the molecule is Cc1noc2nc(C3CCN(C(=O)[C@@H]4C[C@H]4C)CC3)cc(C(F)F)c12. The van der Waals surface area contributed by atoms with E-state index in [0.717, 1.165) is 19.3 Å². The van der Waals surface area contributed by atoms with Gasteiger partial charge in [0, 0.05) is 36.2 Å². The van der Waals surface area contributed by atoms with Gasteiger partial charge in [-0.1, -0.05) is 12.1 Å². The lowest BCUT2D eigenvalue weighted by molar-refractivity contribution is -0.133. The third-order valence-electron chi connectivity index (χ3n) is 5.55. The number of amides is 1. The summed E-state index contributed by atoms with van der Waals surface area (Å²) in [6.45, 7) is 5.06. The van der Waals surface area contributed by atoms with Crippen molar-refractivity contribution in [3.8, 4) is 0 Å². The maximum atomic E-state index is 13.5. The molecule has 5 nitrogen and oxygen atoms in total. The smallest absolute Gasteiger partial charge is 0.264 e. The van der Waals surface area contributed by atoms with Crippen LogP contribution in [-0.4, -0.2) is 34.0 Å². The third kappa shape index (κ3) is 2.89. The molecular formula is C18H21F2N3O2. The Balaban J connectivity index is 1.54. The molecule has 0 N–H and O–H groups in total. The van der Waals surface area contributed by atoms with E-state index in [2.05, 4.69) is 17.1 Å². The van der Waals surface area contributed by atoms with E-state index in [0.29, 0.717) is 35.8 Å². The fourth-order valence-electron chi connectivity index (χ4n) is 3.83. The van der Waals surface area contributed by atoms with Crippen molar-refractivity contribution in [1.82, 2.24) is 15.0 Å². The number of hydrogen-bond acceptors (Lipinski definition) is 4. The molecular weight excluding hydrogens is 328 g/mol. The molecule has 1 saturated carbocycles. The molecule has 2 aliphatic rings. The van der Waals surface area contributed by atoms with Gasteiger partial charge in [0.05, 0.1) is 11.1 Å². The van der Waals surface area contributed by atoms with Crippen LogP contribution in [0.4, 0.5) is 8.78 Å². The van der Waals surface area contributed by atoms with Crippen LogP contribution < -0.4 is 0 Å². The molecule has 0 radical (unpaired) electrons. The molecule has 0 bridgehead atoms. The van der Waals surface area contributed by atoms with Crippen LogP contribution in [0.2, 0.25) is 0 Å². The van der Waals surface area contributed by atoms with Gasteiger partial charge in [-0.3, -0.25) is 4.79 Å². The molecule has 4 rings (SSSR count). The van der Waals surface area contributed by atoms with E-state index < -0.39 is 6.43 Å². The first-order valence-corrected chi connectivity index (χ1v) is 8.79. The lowest BCUT2D eigenvalue weighted by Gasteiger charge is -2.32. The highest BCUT2D eigenvalue weighted by Gasteiger charge is 2.42. The number of hydrogen-bond donors (Lipinski definition) is 0. The van der Waals surface area contributed by atoms with Gasteiger partial charge in [0.1, 0.15) is 0 Å². The molecule has 2 atom stereocenters. The summed E-state index contributed by atoms with van der Waals surface area (Å²) in [5, 5.41) is 4.08. The van der Waals surface area contributed by atoms with Gasteiger partial charge in [-0.25, -0.2) is 13.8 Å². The summed E-state index contributed by atoms with van der Waals surface area (Å²) in [5.74, 6) is 0.993. The van der Waals surface area contributed by atoms with Crippen LogP contribution in [0.3, 0.4) is 0 Å². The Labute approximate surface area is 144 Å². The van der Waals surface area contributed by atoms with E-state index >= 15 is 0 Å². The van der Waals surface area contributed by atoms with Gasteiger partial charge in [-0.05, 0) is 38.2 Å². The molecule has 0 unspecified atom stereocenters. The molecule has 0 aromatic carbocycles. The average Bonchev–Trinajstić information content (AvgIpc) is 3.23. The van der Waals surface area contributed by atoms with Crippen LogP contribution in [0.15, 0.2) is 10.6 Å². The zero-order valence-corrected chi connectivity index (χ0v) is 14.3. The molecule has 2 aromatic heterocycles. The molecule has 1 amide bonds. The number of halogens is 2. The zero-order chi connectivity index (χ0) is 17.7. The molecule has 7 heteroatoms. The van der Waals surface area contributed by atoms with Crippen LogP contribution in [-0.2, 0) is 4.79 Å². The van der Waals surface area contributed by atoms with Gasteiger partial charge < -0.3 is 9.42 Å². The lowest BCUT2D eigenvalue weighted by atomic mass is 9.91. The molecule has 134 valence electrons. The second kappa shape index (κ2) is 6.04. The molecule has 25 heavy (non-hydrogen) atoms. The van der Waals surface area contributed by atoms with Gasteiger partial charge in [-0.15, -0.1) is 0 Å². The fraction of sp³-hybridized carbons (Fsp3) is 0.611. The average molecular weight is 349 g/mol. The Bertz CT molecular complexity index is 812. The van der Waals surface area contributed by atoms with Gasteiger partial charge in [0.2, 0.25) is 5.91 Å². The minimum Gasteiger partial charge on any atom is -0.342 e. The zero-order valence-electron chi connectivity index (χ0n) is 14.3. The normalized spacial score (nSPS) is 24.3. The Hall–Kier alpha value is -2.05. The summed E-state index contributed by atoms with van der Waals surface area (Å²) < 4.78 is 32.0. The standard InChI is InChI=1S/C18H21F2N3O2/c1-9-7-12(9)18(24)23-5-3-11(4-6-23)14-8-13(16(19)20)15-10(2)22-25-17(15)21-14/h8-9,11-12,16H,3-7H2,1-2H3/t9-,12-/m1/s1. The van der Waals surface area contributed by atoms with E-state index in [-0.39, 0.29) is 29.0 Å². The largest absolute Gasteiger partial charge is 0.342 e. The number of nitrogens with zero attached hydrogens (tertiary/aromatic N) is 3. The minimum absolute atomic E-state index is 0.0629. The summed E-state index contributed by atoms with van der Waals surface area (Å²) in [7, 11) is 0. The maximum Gasteiger partial charge on any atom is 0.264 e. The molecule has 1 aliphatic carbocycles. The maximum absolute atomic E-state index is 13.5. The van der Waals surface area contributed by atoms with Crippen LogP contribution >= 0.6 is 0 Å².